The van der Waals surface area contributed by atoms with Gasteiger partial charge >= 0.3 is 6.09 Å². The fourth-order valence-electron chi connectivity index (χ4n) is 3.76. The third kappa shape index (κ3) is 4.67. The highest BCUT2D eigenvalue weighted by molar-refractivity contribution is 7.80. The number of anilines is 2. The number of aryl methyl sites for hydroxylation is 1. The van der Waals surface area contributed by atoms with Crippen LogP contribution in [0.5, 0.6) is 0 Å². The largest absolute Gasteiger partial charge is 0.442 e. The number of oxazole rings is 1. The van der Waals surface area contributed by atoms with Crippen LogP contribution >= 0.6 is 12.2 Å². The summed E-state index contributed by atoms with van der Waals surface area (Å²) in [4.78, 5) is 33.3. The van der Waals surface area contributed by atoms with E-state index in [0.717, 1.165) is 0 Å². The summed E-state index contributed by atoms with van der Waals surface area (Å²) >= 11 is 5.47. The van der Waals surface area contributed by atoms with Gasteiger partial charge in [-0.25, -0.2) is 14.2 Å². The Morgan fingerprint density at radius 3 is 2.69 bits per heavy atom. The summed E-state index contributed by atoms with van der Waals surface area (Å²) in [5.74, 6) is 0.508. The first-order valence-corrected chi connectivity index (χ1v) is 10.7. The molecule has 0 saturated carbocycles. The van der Waals surface area contributed by atoms with Crippen molar-refractivity contribution >= 4 is 40.6 Å². The van der Waals surface area contributed by atoms with Gasteiger partial charge < -0.3 is 24.3 Å². The number of aromatic nitrogens is 1. The van der Waals surface area contributed by atoms with E-state index < -0.39 is 18.0 Å². The van der Waals surface area contributed by atoms with E-state index in [2.05, 4.69) is 10.3 Å². The Kier molecular flexibility index (Phi) is 6.26. The molecule has 9 nitrogen and oxygen atoms in total. The number of hydrogen-bond acceptors (Lipinski definition) is 7. The molecule has 2 fully saturated rings. The number of carbonyl (C=O) groups excluding carboxylic acids is 2. The maximum atomic E-state index is 14.9. The van der Waals surface area contributed by atoms with Gasteiger partial charge in [-0.2, -0.15) is 0 Å². The quantitative estimate of drug-likeness (QED) is 0.677. The van der Waals surface area contributed by atoms with Gasteiger partial charge in [-0.3, -0.25) is 9.69 Å². The monoisotopic (exact) mass is 461 g/mol. The van der Waals surface area contributed by atoms with Crippen molar-refractivity contribution < 1.29 is 23.1 Å². The second kappa shape index (κ2) is 9.11. The van der Waals surface area contributed by atoms with E-state index in [1.54, 1.807) is 18.3 Å². The van der Waals surface area contributed by atoms with Crippen LogP contribution in [0, 0.1) is 12.7 Å². The minimum Gasteiger partial charge on any atom is -0.442 e. The number of hydrogen-bond donors (Lipinski definition) is 1. The SMILES string of the molecule is CC(=O)NCC1CN(c2ccc(N3CCN(C(=S)c4ncc(C)o4)CC3)c(F)c2)C(=O)O1. The number of benzene rings is 1. The average molecular weight is 462 g/mol. The molecule has 32 heavy (non-hydrogen) atoms. The number of halogens is 1. The molecular weight excluding hydrogens is 437 g/mol. The highest BCUT2D eigenvalue weighted by atomic mass is 32.1. The maximum absolute atomic E-state index is 14.9. The first-order chi connectivity index (χ1) is 15.3. The minimum absolute atomic E-state index is 0.203. The van der Waals surface area contributed by atoms with Crippen LogP contribution in [0.25, 0.3) is 0 Å². The van der Waals surface area contributed by atoms with Crippen LogP contribution in [-0.4, -0.2) is 72.2 Å². The van der Waals surface area contributed by atoms with Crippen LogP contribution in [0.2, 0.25) is 0 Å². The smallest absolute Gasteiger partial charge is 0.414 e. The Balaban J connectivity index is 1.37. The Hall–Kier alpha value is -3.21. The molecule has 3 heterocycles. The summed E-state index contributed by atoms with van der Waals surface area (Å²) in [6.07, 6.45) is 0.599. The molecule has 1 atom stereocenters. The number of ether oxygens (including phenoxy) is 1. The molecule has 170 valence electrons. The first-order valence-electron chi connectivity index (χ1n) is 10.3. The molecule has 0 aliphatic carbocycles. The topological polar surface area (TPSA) is 91.2 Å². The van der Waals surface area contributed by atoms with Crippen LogP contribution in [0.15, 0.2) is 28.8 Å². The molecule has 0 bridgehead atoms. The van der Waals surface area contributed by atoms with E-state index in [0.29, 0.717) is 54.2 Å². The minimum atomic E-state index is -0.559. The number of thiocarbonyl (C=S) groups is 1. The molecule has 2 aliphatic heterocycles. The van der Waals surface area contributed by atoms with E-state index in [4.69, 9.17) is 21.4 Å². The fraction of sp³-hybridized carbons (Fsp3) is 0.429. The first kappa shape index (κ1) is 22.0. The zero-order chi connectivity index (χ0) is 22.8. The van der Waals surface area contributed by atoms with Crippen LogP contribution < -0.4 is 15.1 Å². The third-order valence-corrected chi connectivity index (χ3v) is 5.84. The zero-order valence-corrected chi connectivity index (χ0v) is 18.7. The van der Waals surface area contributed by atoms with E-state index in [1.807, 2.05) is 16.7 Å². The van der Waals surface area contributed by atoms with Crippen molar-refractivity contribution in [1.82, 2.24) is 15.2 Å². The second-order valence-electron chi connectivity index (χ2n) is 7.74. The summed E-state index contributed by atoms with van der Waals surface area (Å²) < 4.78 is 25.7. The van der Waals surface area contributed by atoms with Gasteiger partial charge in [0.05, 0.1) is 30.7 Å². The predicted molar refractivity (Wildman–Crippen MR) is 119 cm³/mol. The van der Waals surface area contributed by atoms with Crippen molar-refractivity contribution in [3.63, 3.8) is 0 Å². The van der Waals surface area contributed by atoms with Gasteiger partial charge in [0, 0.05) is 33.1 Å². The van der Waals surface area contributed by atoms with Gasteiger partial charge in [0.15, 0.2) is 4.99 Å². The number of rotatable bonds is 5. The molecular formula is C21H24FN5O4S. The van der Waals surface area contributed by atoms with Crippen LogP contribution in [0.4, 0.5) is 20.6 Å². The molecule has 4 rings (SSSR count). The second-order valence-corrected chi connectivity index (χ2v) is 8.13. The predicted octanol–water partition coefficient (Wildman–Crippen LogP) is 2.08. The van der Waals surface area contributed by atoms with Crippen molar-refractivity contribution in [1.29, 1.82) is 0 Å². The van der Waals surface area contributed by atoms with Crippen LogP contribution in [0.1, 0.15) is 18.6 Å². The summed E-state index contributed by atoms with van der Waals surface area (Å²) in [7, 11) is 0. The molecule has 11 heteroatoms. The van der Waals surface area contributed by atoms with Crippen molar-refractivity contribution in [2.45, 2.75) is 20.0 Å². The molecule has 0 spiro atoms. The zero-order valence-electron chi connectivity index (χ0n) is 17.8. The molecule has 1 N–H and O–H groups in total. The highest BCUT2D eigenvalue weighted by Gasteiger charge is 2.33. The lowest BCUT2D eigenvalue weighted by atomic mass is 10.2. The molecule has 2 aliphatic rings. The third-order valence-electron chi connectivity index (χ3n) is 5.41. The van der Waals surface area contributed by atoms with Crippen molar-refractivity contribution in [3.05, 3.63) is 41.9 Å². The van der Waals surface area contributed by atoms with Crippen molar-refractivity contribution in [2.24, 2.45) is 0 Å². The number of cyclic esters (lactones) is 1. The summed E-state index contributed by atoms with van der Waals surface area (Å²) in [5, 5.41) is 2.62. The van der Waals surface area contributed by atoms with E-state index in [9.17, 15) is 14.0 Å². The number of carbonyl (C=O) groups is 2. The molecule has 1 aromatic heterocycles. The van der Waals surface area contributed by atoms with Gasteiger partial charge in [-0.15, -0.1) is 0 Å². The average Bonchev–Trinajstić information content (AvgIpc) is 3.37. The van der Waals surface area contributed by atoms with E-state index >= 15 is 0 Å². The lowest BCUT2D eigenvalue weighted by Crippen LogP contribution is -2.48. The maximum Gasteiger partial charge on any atom is 0.414 e. The standard InChI is InChI=1S/C21H24FN5O4S/c1-13-10-24-19(30-13)20(32)26-7-5-25(6-8-26)18-4-3-15(9-17(18)22)27-12-16(31-21(27)29)11-23-14(2)28/h3-4,9-10,16H,5-8,11-12H2,1-2H3,(H,23,28). The van der Waals surface area contributed by atoms with Gasteiger partial charge in [0.2, 0.25) is 5.91 Å². The Labute approximate surface area is 190 Å². The molecule has 1 unspecified atom stereocenters. The lowest BCUT2D eigenvalue weighted by Gasteiger charge is -2.37. The molecule has 1 aromatic carbocycles. The number of amides is 2. The van der Waals surface area contributed by atoms with Gasteiger partial charge in [-0.1, -0.05) is 12.2 Å². The van der Waals surface area contributed by atoms with Crippen molar-refractivity contribution in [2.75, 3.05) is 49.1 Å². The Bertz CT molecular complexity index is 1040. The molecule has 2 aromatic rings. The normalized spacial score (nSPS) is 18.7. The van der Waals surface area contributed by atoms with Crippen LogP contribution in [0.3, 0.4) is 0 Å². The van der Waals surface area contributed by atoms with Gasteiger partial charge in [-0.05, 0) is 25.1 Å². The highest BCUT2D eigenvalue weighted by Crippen LogP contribution is 2.28. The van der Waals surface area contributed by atoms with E-state index in [1.165, 1.54) is 17.9 Å². The van der Waals surface area contributed by atoms with Gasteiger partial charge in [0.25, 0.3) is 5.89 Å². The van der Waals surface area contributed by atoms with Gasteiger partial charge in [0.1, 0.15) is 17.7 Å². The summed E-state index contributed by atoms with van der Waals surface area (Å²) in [6, 6.07) is 4.71. The van der Waals surface area contributed by atoms with Crippen molar-refractivity contribution in [3.8, 4) is 0 Å². The molecule has 0 radical (unpaired) electrons. The Morgan fingerprint density at radius 1 is 1.31 bits per heavy atom. The number of piperazine rings is 1. The fourth-order valence-corrected chi connectivity index (χ4v) is 4.03. The molecule has 2 saturated heterocycles. The summed E-state index contributed by atoms with van der Waals surface area (Å²) in [5.41, 5.74) is 0.884. The van der Waals surface area contributed by atoms with E-state index in [-0.39, 0.29) is 19.0 Å². The molecule has 2 amide bonds. The number of nitrogens with zero attached hydrogens (tertiary/aromatic N) is 4. The van der Waals surface area contributed by atoms with Crippen LogP contribution in [-0.2, 0) is 9.53 Å². The Morgan fingerprint density at radius 2 is 2.06 bits per heavy atom. The lowest BCUT2D eigenvalue weighted by molar-refractivity contribution is -0.119. The summed E-state index contributed by atoms with van der Waals surface area (Å²) in [6.45, 7) is 6.07. The number of nitrogens with one attached hydrogen (secondary N) is 1.